The SMILES string of the molecule is CC(C)[C@@H](C(=O)N[C@@H](Cc1ccccc1)[C@@H](O)[C@H](O)[C@@H](N)Cc1ccccc1)N(C(=O)[C@H](Cc1cccc2ccccc12)CS(=O)(=O)C(C)(C)C)C(=O)[C@H](Cc1cccc2ccccc12)CS(=O)(=O)C(C)(C)C. The van der Waals surface area contributed by atoms with E-state index >= 15 is 14.4 Å². The van der Waals surface area contributed by atoms with Crippen LogP contribution in [0, 0.1) is 17.8 Å². The van der Waals surface area contributed by atoms with E-state index in [1.165, 1.54) is 41.5 Å². The minimum Gasteiger partial charge on any atom is -0.389 e. The summed E-state index contributed by atoms with van der Waals surface area (Å²) in [6.45, 7) is 12.5. The molecule has 0 saturated carbocycles. The fourth-order valence-corrected chi connectivity index (χ4v) is 11.9. The highest BCUT2D eigenvalue weighted by atomic mass is 32.2. The molecule has 390 valence electrons. The lowest BCUT2D eigenvalue weighted by Gasteiger charge is -2.39. The van der Waals surface area contributed by atoms with Crippen molar-refractivity contribution < 1.29 is 41.4 Å². The van der Waals surface area contributed by atoms with E-state index in [1.807, 2.05) is 97.1 Å². The van der Waals surface area contributed by atoms with Crippen molar-refractivity contribution in [1.29, 1.82) is 0 Å². The van der Waals surface area contributed by atoms with Crippen LogP contribution in [0.25, 0.3) is 21.5 Å². The number of carbonyl (C=O) groups is 3. The number of aliphatic hydroxyl groups is 2. The van der Waals surface area contributed by atoms with Crippen molar-refractivity contribution in [2.45, 2.75) is 121 Å². The maximum absolute atomic E-state index is 16.1. The van der Waals surface area contributed by atoms with Crippen LogP contribution in [0.3, 0.4) is 0 Å². The molecule has 0 bridgehead atoms. The minimum absolute atomic E-state index is 0.00334. The number of rotatable bonds is 21. The fraction of sp³-hybridized carbons (Fsp3) is 0.407. The monoisotopic (exact) mass is 1030 g/mol. The van der Waals surface area contributed by atoms with Crippen molar-refractivity contribution in [3.63, 3.8) is 0 Å². The molecule has 14 heteroatoms. The van der Waals surface area contributed by atoms with Crippen LogP contribution >= 0.6 is 0 Å². The highest BCUT2D eigenvalue weighted by Crippen LogP contribution is 2.32. The summed E-state index contributed by atoms with van der Waals surface area (Å²) in [6.07, 6.45) is -3.34. The molecule has 3 amide bonds. The number of imide groups is 1. The standard InChI is InChI=1S/C59H73N3O9S2/c1-39(2)52(55(65)61-51(34-41-23-13-10-14-24-41)54(64)53(63)50(60)33-40-21-11-9-12-22-40)62(56(66)46(37-72(68,69)58(3,4)5)35-44-29-19-27-42-25-15-17-31-48(42)44)57(67)47(38-73(70,71)59(6,7)8)36-45-30-20-28-43-26-16-18-32-49(43)45/h9-32,39,46-47,50-54,63-64H,33-38,60H2,1-8H3,(H,61,65)/t46-,47-,50+,51+,52+,53-,54-/m1/s1. The zero-order chi connectivity index (χ0) is 53.5. The summed E-state index contributed by atoms with van der Waals surface area (Å²) in [7, 11) is -8.23. The van der Waals surface area contributed by atoms with Gasteiger partial charge in [-0.3, -0.25) is 19.3 Å². The van der Waals surface area contributed by atoms with E-state index in [4.69, 9.17) is 5.73 Å². The number of nitrogens with one attached hydrogen (secondary N) is 1. The Balaban J connectivity index is 1.53. The molecule has 0 spiro atoms. The number of aliphatic hydroxyl groups excluding tert-OH is 2. The summed E-state index contributed by atoms with van der Waals surface area (Å²) in [6, 6.07) is 40.2. The Bertz CT molecular complexity index is 2930. The van der Waals surface area contributed by atoms with Crippen LogP contribution in [-0.2, 0) is 59.7 Å². The topological polar surface area (TPSA) is 201 Å². The number of benzene rings is 6. The number of hydrogen-bond donors (Lipinski definition) is 4. The smallest absolute Gasteiger partial charge is 0.243 e. The second-order valence-corrected chi connectivity index (χ2v) is 27.3. The van der Waals surface area contributed by atoms with Crippen LogP contribution in [0.5, 0.6) is 0 Å². The molecular formula is C59H73N3O9S2. The van der Waals surface area contributed by atoms with Crippen LogP contribution in [0.2, 0.25) is 0 Å². The third-order valence-corrected chi connectivity index (χ3v) is 19.3. The molecule has 73 heavy (non-hydrogen) atoms. The zero-order valence-corrected chi connectivity index (χ0v) is 44.9. The zero-order valence-electron chi connectivity index (χ0n) is 43.3. The molecule has 0 radical (unpaired) electrons. The average molecular weight is 1030 g/mol. The molecule has 0 saturated heterocycles. The summed E-state index contributed by atoms with van der Waals surface area (Å²) < 4.78 is 54.9. The van der Waals surface area contributed by atoms with Crippen LogP contribution < -0.4 is 11.1 Å². The number of carbonyl (C=O) groups excluding carboxylic acids is 3. The first-order valence-electron chi connectivity index (χ1n) is 25.0. The van der Waals surface area contributed by atoms with Crippen LogP contribution in [0.4, 0.5) is 0 Å². The van der Waals surface area contributed by atoms with Gasteiger partial charge in [-0.15, -0.1) is 0 Å². The van der Waals surface area contributed by atoms with Gasteiger partial charge in [0.05, 0.1) is 45.0 Å². The summed E-state index contributed by atoms with van der Waals surface area (Å²) in [4.78, 5) is 48.5. The van der Waals surface area contributed by atoms with Crippen LogP contribution in [-0.4, -0.2) is 101 Å². The number of fused-ring (bicyclic) bond motifs is 2. The van der Waals surface area contributed by atoms with Crippen molar-refractivity contribution in [1.82, 2.24) is 10.2 Å². The molecule has 0 aliphatic carbocycles. The van der Waals surface area contributed by atoms with Gasteiger partial charge in [-0.2, -0.15) is 0 Å². The number of hydrogen-bond acceptors (Lipinski definition) is 10. The maximum Gasteiger partial charge on any atom is 0.243 e. The van der Waals surface area contributed by atoms with Gasteiger partial charge in [0, 0.05) is 6.04 Å². The highest BCUT2D eigenvalue weighted by molar-refractivity contribution is 7.93. The first-order valence-corrected chi connectivity index (χ1v) is 28.3. The molecule has 0 fully saturated rings. The molecule has 12 nitrogen and oxygen atoms in total. The maximum atomic E-state index is 16.1. The third-order valence-electron chi connectivity index (χ3n) is 13.9. The molecular weight excluding hydrogens is 959 g/mol. The predicted octanol–water partition coefficient (Wildman–Crippen LogP) is 7.84. The van der Waals surface area contributed by atoms with Crippen LogP contribution in [0.15, 0.2) is 146 Å². The van der Waals surface area contributed by atoms with E-state index in [9.17, 15) is 27.0 Å². The Morgan fingerprint density at radius 2 is 0.918 bits per heavy atom. The van der Waals surface area contributed by atoms with Crippen molar-refractivity contribution in [3.8, 4) is 0 Å². The molecule has 6 aromatic rings. The molecule has 0 aromatic heterocycles. The van der Waals surface area contributed by atoms with Gasteiger partial charge in [0.2, 0.25) is 17.7 Å². The van der Waals surface area contributed by atoms with E-state index in [1.54, 1.807) is 62.4 Å². The Hall–Kier alpha value is -5.77. The molecule has 5 N–H and O–H groups in total. The number of amides is 3. The molecule has 0 aliphatic rings. The fourth-order valence-electron chi connectivity index (χ4n) is 9.32. The summed E-state index contributed by atoms with van der Waals surface area (Å²) in [5, 5.41) is 29.9. The number of nitrogens with zero attached hydrogens (tertiary/aromatic N) is 1. The molecule has 0 heterocycles. The molecule has 0 aliphatic heterocycles. The van der Waals surface area contributed by atoms with Gasteiger partial charge >= 0.3 is 0 Å². The van der Waals surface area contributed by atoms with E-state index in [2.05, 4.69) is 5.32 Å². The van der Waals surface area contributed by atoms with Crippen molar-refractivity contribution >= 4 is 58.9 Å². The van der Waals surface area contributed by atoms with E-state index in [-0.39, 0.29) is 25.7 Å². The largest absolute Gasteiger partial charge is 0.389 e. The lowest BCUT2D eigenvalue weighted by molar-refractivity contribution is -0.158. The van der Waals surface area contributed by atoms with Gasteiger partial charge in [-0.05, 0) is 117 Å². The van der Waals surface area contributed by atoms with Crippen molar-refractivity contribution in [2.24, 2.45) is 23.5 Å². The lowest BCUT2D eigenvalue weighted by Crippen LogP contribution is -2.62. The highest BCUT2D eigenvalue weighted by Gasteiger charge is 2.47. The lowest BCUT2D eigenvalue weighted by atomic mass is 9.89. The number of nitrogens with two attached hydrogens (primary N) is 1. The van der Waals surface area contributed by atoms with E-state index in [0.29, 0.717) is 16.7 Å². The second kappa shape index (κ2) is 23.6. The minimum atomic E-state index is -4.12. The van der Waals surface area contributed by atoms with Gasteiger partial charge in [-0.1, -0.05) is 159 Å². The first-order chi connectivity index (χ1) is 34.3. The van der Waals surface area contributed by atoms with Gasteiger partial charge in [-0.25, -0.2) is 16.8 Å². The van der Waals surface area contributed by atoms with Gasteiger partial charge in [0.1, 0.15) is 12.1 Å². The molecule has 6 rings (SSSR count). The normalized spacial score (nSPS) is 15.5. The summed E-state index contributed by atoms with van der Waals surface area (Å²) in [5.41, 5.74) is 9.32. The predicted molar refractivity (Wildman–Crippen MR) is 292 cm³/mol. The summed E-state index contributed by atoms with van der Waals surface area (Å²) in [5.74, 6) is -7.99. The molecule has 0 unspecified atom stereocenters. The van der Waals surface area contributed by atoms with Gasteiger partial charge < -0.3 is 21.3 Å². The first kappa shape index (κ1) is 56.5. The Morgan fingerprint density at radius 1 is 0.534 bits per heavy atom. The quantitative estimate of drug-likeness (QED) is 0.0551. The molecule has 7 atom stereocenters. The summed E-state index contributed by atoms with van der Waals surface area (Å²) >= 11 is 0. The Kier molecular flexibility index (Phi) is 18.3. The Labute approximate surface area is 432 Å². The van der Waals surface area contributed by atoms with Gasteiger partial charge in [0.25, 0.3) is 0 Å². The number of sulfone groups is 2. The third kappa shape index (κ3) is 13.9. The molecule has 6 aromatic carbocycles. The second-order valence-electron chi connectivity index (χ2n) is 21.7. The van der Waals surface area contributed by atoms with Crippen LogP contribution in [0.1, 0.15) is 77.6 Å². The van der Waals surface area contributed by atoms with E-state index in [0.717, 1.165) is 32.0 Å². The van der Waals surface area contributed by atoms with Crippen molar-refractivity contribution in [2.75, 3.05) is 11.5 Å². The van der Waals surface area contributed by atoms with Crippen molar-refractivity contribution in [3.05, 3.63) is 168 Å². The Morgan fingerprint density at radius 3 is 1.33 bits per heavy atom. The van der Waals surface area contributed by atoms with E-state index < -0.39 is 106 Å². The van der Waals surface area contributed by atoms with Gasteiger partial charge in [0.15, 0.2) is 19.7 Å². The average Bonchev–Trinajstić information content (AvgIpc) is 3.34.